The van der Waals surface area contributed by atoms with Crippen LogP contribution in [0.25, 0.3) is 0 Å². The number of nitrogens with two attached hydrogens (primary N) is 1. The highest BCUT2D eigenvalue weighted by atomic mass is 19.1. The van der Waals surface area contributed by atoms with E-state index >= 15 is 0 Å². The van der Waals surface area contributed by atoms with Gasteiger partial charge < -0.3 is 10.6 Å². The molecule has 2 rings (SSSR count). The average Bonchev–Trinajstić information content (AvgIpc) is 2.71. The molecule has 4 nitrogen and oxygen atoms in total. The Kier molecular flexibility index (Phi) is 4.14. The number of rotatable bonds is 5. The number of benzene rings is 1. The standard InChI is InChI=1S/C14H17FN2O2/c15-12-5-2-1-4-11(12)10-8-14(19)17(9-10)7-3-6-13(16)18/h1-2,4-5,10H,3,6-9H2,(H2,16,18). The van der Waals surface area contributed by atoms with Crippen LogP contribution in [0.1, 0.15) is 30.7 Å². The van der Waals surface area contributed by atoms with Crippen molar-refractivity contribution in [2.45, 2.75) is 25.2 Å². The van der Waals surface area contributed by atoms with Gasteiger partial charge in [-0.25, -0.2) is 4.39 Å². The molecular formula is C14H17FN2O2. The van der Waals surface area contributed by atoms with Crippen LogP contribution < -0.4 is 5.73 Å². The second kappa shape index (κ2) is 5.82. The van der Waals surface area contributed by atoms with Gasteiger partial charge >= 0.3 is 0 Å². The minimum absolute atomic E-state index is 0.0118. The Labute approximate surface area is 111 Å². The first-order valence-electron chi connectivity index (χ1n) is 6.38. The van der Waals surface area contributed by atoms with E-state index in [4.69, 9.17) is 5.73 Å². The van der Waals surface area contributed by atoms with E-state index in [1.807, 2.05) is 0 Å². The molecule has 0 spiro atoms. The zero-order valence-corrected chi connectivity index (χ0v) is 10.6. The van der Waals surface area contributed by atoms with Crippen molar-refractivity contribution in [3.05, 3.63) is 35.6 Å². The van der Waals surface area contributed by atoms with E-state index in [9.17, 15) is 14.0 Å². The molecule has 1 unspecified atom stereocenters. The molecule has 0 aromatic heterocycles. The van der Waals surface area contributed by atoms with E-state index in [-0.39, 0.29) is 30.0 Å². The van der Waals surface area contributed by atoms with Crippen LogP contribution in [-0.4, -0.2) is 29.8 Å². The fourth-order valence-electron chi connectivity index (χ4n) is 2.45. The van der Waals surface area contributed by atoms with Crippen LogP contribution in [0.2, 0.25) is 0 Å². The number of likely N-dealkylation sites (tertiary alicyclic amines) is 1. The molecule has 1 aliphatic rings. The molecule has 5 heteroatoms. The molecular weight excluding hydrogens is 247 g/mol. The van der Waals surface area contributed by atoms with Gasteiger partial charge in [0.15, 0.2) is 0 Å². The SMILES string of the molecule is NC(=O)CCCN1CC(c2ccccc2F)CC1=O. The summed E-state index contributed by atoms with van der Waals surface area (Å²) in [5.41, 5.74) is 5.65. The van der Waals surface area contributed by atoms with Gasteiger partial charge in [-0.3, -0.25) is 9.59 Å². The van der Waals surface area contributed by atoms with E-state index in [2.05, 4.69) is 0 Å². The highest BCUT2D eigenvalue weighted by molar-refractivity contribution is 5.80. The molecule has 0 saturated carbocycles. The number of halogens is 1. The Hall–Kier alpha value is -1.91. The molecule has 1 heterocycles. The van der Waals surface area contributed by atoms with E-state index < -0.39 is 0 Å². The van der Waals surface area contributed by atoms with Crippen molar-refractivity contribution in [3.63, 3.8) is 0 Å². The molecule has 2 N–H and O–H groups in total. The lowest BCUT2D eigenvalue weighted by molar-refractivity contribution is -0.128. The van der Waals surface area contributed by atoms with Gasteiger partial charge in [0.25, 0.3) is 0 Å². The van der Waals surface area contributed by atoms with Crippen LogP contribution in [0.15, 0.2) is 24.3 Å². The van der Waals surface area contributed by atoms with Crippen LogP contribution in [-0.2, 0) is 9.59 Å². The van der Waals surface area contributed by atoms with Crippen molar-refractivity contribution < 1.29 is 14.0 Å². The molecule has 2 amide bonds. The molecule has 1 fully saturated rings. The van der Waals surface area contributed by atoms with Gasteiger partial charge in [-0.15, -0.1) is 0 Å². The van der Waals surface area contributed by atoms with E-state index in [0.717, 1.165) is 0 Å². The second-order valence-electron chi connectivity index (χ2n) is 4.83. The lowest BCUT2D eigenvalue weighted by Crippen LogP contribution is -2.27. The monoisotopic (exact) mass is 264 g/mol. The molecule has 1 aromatic carbocycles. The number of hydrogen-bond donors (Lipinski definition) is 1. The summed E-state index contributed by atoms with van der Waals surface area (Å²) in [5.74, 6) is -0.711. The smallest absolute Gasteiger partial charge is 0.223 e. The van der Waals surface area contributed by atoms with Crippen molar-refractivity contribution in [2.75, 3.05) is 13.1 Å². The lowest BCUT2D eigenvalue weighted by atomic mass is 9.98. The summed E-state index contributed by atoms with van der Waals surface area (Å²) in [5, 5.41) is 0. The molecule has 1 saturated heterocycles. The van der Waals surface area contributed by atoms with Gasteiger partial charge in [0, 0.05) is 31.8 Å². The van der Waals surface area contributed by atoms with Gasteiger partial charge in [-0.2, -0.15) is 0 Å². The quantitative estimate of drug-likeness (QED) is 0.874. The molecule has 1 aliphatic heterocycles. The maximum Gasteiger partial charge on any atom is 0.223 e. The summed E-state index contributed by atoms with van der Waals surface area (Å²) in [6, 6.07) is 6.55. The Morgan fingerprint density at radius 3 is 2.84 bits per heavy atom. The summed E-state index contributed by atoms with van der Waals surface area (Å²) in [4.78, 5) is 24.2. The summed E-state index contributed by atoms with van der Waals surface area (Å²) >= 11 is 0. The number of amides is 2. The summed E-state index contributed by atoms with van der Waals surface area (Å²) in [6.07, 6.45) is 1.16. The van der Waals surface area contributed by atoms with Gasteiger partial charge in [-0.05, 0) is 18.1 Å². The zero-order valence-electron chi connectivity index (χ0n) is 10.6. The summed E-state index contributed by atoms with van der Waals surface area (Å²) < 4.78 is 13.7. The summed E-state index contributed by atoms with van der Waals surface area (Å²) in [6.45, 7) is 1.02. The van der Waals surface area contributed by atoms with Crippen molar-refractivity contribution in [1.82, 2.24) is 4.90 Å². The van der Waals surface area contributed by atoms with Crippen LogP contribution in [0, 0.1) is 5.82 Å². The fourth-order valence-corrected chi connectivity index (χ4v) is 2.45. The molecule has 1 aromatic rings. The van der Waals surface area contributed by atoms with E-state index in [1.54, 1.807) is 23.1 Å². The minimum Gasteiger partial charge on any atom is -0.370 e. The fraction of sp³-hybridized carbons (Fsp3) is 0.429. The number of carbonyl (C=O) groups is 2. The first-order valence-corrected chi connectivity index (χ1v) is 6.38. The highest BCUT2D eigenvalue weighted by Crippen LogP contribution is 2.29. The van der Waals surface area contributed by atoms with Crippen molar-refractivity contribution in [1.29, 1.82) is 0 Å². The highest BCUT2D eigenvalue weighted by Gasteiger charge is 2.31. The predicted molar refractivity (Wildman–Crippen MR) is 68.8 cm³/mol. The zero-order chi connectivity index (χ0) is 13.8. The topological polar surface area (TPSA) is 63.4 Å². The van der Waals surface area contributed by atoms with Crippen molar-refractivity contribution in [2.24, 2.45) is 5.73 Å². The third kappa shape index (κ3) is 3.30. The number of primary amides is 1. The van der Waals surface area contributed by atoms with Gasteiger partial charge in [0.05, 0.1) is 0 Å². The second-order valence-corrected chi connectivity index (χ2v) is 4.83. The molecule has 0 radical (unpaired) electrons. The van der Waals surface area contributed by atoms with Crippen molar-refractivity contribution in [3.8, 4) is 0 Å². The largest absolute Gasteiger partial charge is 0.370 e. The van der Waals surface area contributed by atoms with Crippen LogP contribution in [0.3, 0.4) is 0 Å². The summed E-state index contributed by atoms with van der Waals surface area (Å²) in [7, 11) is 0. The maximum atomic E-state index is 13.7. The van der Waals surface area contributed by atoms with Crippen LogP contribution >= 0.6 is 0 Å². The number of carbonyl (C=O) groups excluding carboxylic acids is 2. The first kappa shape index (κ1) is 13.5. The van der Waals surface area contributed by atoms with Crippen molar-refractivity contribution >= 4 is 11.8 Å². The van der Waals surface area contributed by atoms with Gasteiger partial charge in [0.2, 0.25) is 11.8 Å². The third-order valence-electron chi connectivity index (χ3n) is 3.41. The van der Waals surface area contributed by atoms with Crippen LogP contribution in [0.5, 0.6) is 0 Å². The Balaban J connectivity index is 1.96. The Morgan fingerprint density at radius 2 is 2.16 bits per heavy atom. The lowest BCUT2D eigenvalue weighted by Gasteiger charge is -2.16. The first-order chi connectivity index (χ1) is 9.08. The molecule has 0 aliphatic carbocycles. The number of nitrogens with zero attached hydrogens (tertiary/aromatic N) is 1. The van der Waals surface area contributed by atoms with Gasteiger partial charge in [0.1, 0.15) is 5.82 Å². The molecule has 102 valence electrons. The van der Waals surface area contributed by atoms with Crippen LogP contribution in [0.4, 0.5) is 4.39 Å². The third-order valence-corrected chi connectivity index (χ3v) is 3.41. The Morgan fingerprint density at radius 1 is 1.42 bits per heavy atom. The molecule has 19 heavy (non-hydrogen) atoms. The normalized spacial score (nSPS) is 18.9. The van der Waals surface area contributed by atoms with E-state index in [1.165, 1.54) is 6.07 Å². The minimum atomic E-state index is -0.364. The average molecular weight is 264 g/mol. The molecule has 1 atom stereocenters. The predicted octanol–water partition coefficient (Wildman–Crippen LogP) is 1.41. The van der Waals surface area contributed by atoms with Gasteiger partial charge in [-0.1, -0.05) is 18.2 Å². The maximum absolute atomic E-state index is 13.7. The van der Waals surface area contributed by atoms with E-state index in [0.29, 0.717) is 31.5 Å². The number of hydrogen-bond acceptors (Lipinski definition) is 2. The Bertz CT molecular complexity index is 490. The molecule has 0 bridgehead atoms.